The van der Waals surface area contributed by atoms with Crippen molar-refractivity contribution in [1.82, 2.24) is 5.32 Å². The van der Waals surface area contributed by atoms with Gasteiger partial charge in [0.05, 0.1) is 10.4 Å². The number of carbonyl (C=O) groups is 1. The summed E-state index contributed by atoms with van der Waals surface area (Å²) in [6, 6.07) is 11.9. The molecular weight excluding hydrogens is 425 g/mol. The van der Waals surface area contributed by atoms with Crippen LogP contribution in [-0.4, -0.2) is 18.6 Å². The zero-order valence-electron chi connectivity index (χ0n) is 16.3. The molecule has 4 rings (SSSR count). The van der Waals surface area contributed by atoms with Gasteiger partial charge in [0.15, 0.2) is 12.4 Å². The zero-order valence-corrected chi connectivity index (χ0v) is 17.8. The molecule has 0 aliphatic heterocycles. The number of hydrogen-bond donors (Lipinski definition) is 1. The fraction of sp³-hybridized carbons (Fsp3) is 0.304. The van der Waals surface area contributed by atoms with Gasteiger partial charge in [-0.1, -0.05) is 54.6 Å². The molecule has 0 unspecified atom stereocenters. The normalized spacial score (nSPS) is 14.6. The first-order valence-electron chi connectivity index (χ1n) is 9.96. The van der Waals surface area contributed by atoms with Crippen LogP contribution in [0.4, 0.5) is 0 Å². The van der Waals surface area contributed by atoms with Crippen LogP contribution in [0.5, 0.6) is 5.75 Å². The molecule has 0 spiro atoms. The molecule has 0 atom stereocenters. The lowest BCUT2D eigenvalue weighted by molar-refractivity contribution is -0.124. The molecule has 3 aromatic rings. The maximum absolute atomic E-state index is 13.2. The van der Waals surface area contributed by atoms with Crippen molar-refractivity contribution < 1.29 is 13.9 Å². The molecule has 1 fully saturated rings. The number of amides is 1. The molecule has 7 heteroatoms. The van der Waals surface area contributed by atoms with Crippen LogP contribution in [0.3, 0.4) is 0 Å². The summed E-state index contributed by atoms with van der Waals surface area (Å²) in [6.07, 6.45) is 5.35. The molecule has 30 heavy (non-hydrogen) atoms. The molecule has 1 aromatic heterocycles. The number of halogens is 2. The average molecular weight is 446 g/mol. The molecule has 1 aliphatic rings. The smallest absolute Gasteiger partial charge is 0.258 e. The SMILES string of the molecule is O=C(COc1c(-c2ccccc2Cl)oc2ccc(Cl)cc2c1=O)NC1CCCCC1. The van der Waals surface area contributed by atoms with Gasteiger partial charge in [0.2, 0.25) is 11.2 Å². The van der Waals surface area contributed by atoms with Gasteiger partial charge in [0.25, 0.3) is 5.91 Å². The van der Waals surface area contributed by atoms with Gasteiger partial charge in [-0.3, -0.25) is 9.59 Å². The monoisotopic (exact) mass is 445 g/mol. The molecule has 5 nitrogen and oxygen atoms in total. The van der Waals surface area contributed by atoms with E-state index in [1.165, 1.54) is 12.5 Å². The second-order valence-electron chi connectivity index (χ2n) is 7.40. The van der Waals surface area contributed by atoms with Gasteiger partial charge >= 0.3 is 0 Å². The van der Waals surface area contributed by atoms with Gasteiger partial charge in [-0.05, 0) is 43.2 Å². The summed E-state index contributed by atoms with van der Waals surface area (Å²) in [6.45, 7) is -0.287. The lowest BCUT2D eigenvalue weighted by Gasteiger charge is -2.22. The van der Waals surface area contributed by atoms with E-state index < -0.39 is 5.43 Å². The molecule has 2 aromatic carbocycles. The fourth-order valence-corrected chi connectivity index (χ4v) is 4.15. The molecule has 1 aliphatic carbocycles. The minimum atomic E-state index is -0.404. The molecule has 0 saturated heterocycles. The van der Waals surface area contributed by atoms with Crippen molar-refractivity contribution in [3.63, 3.8) is 0 Å². The van der Waals surface area contributed by atoms with Gasteiger partial charge in [0, 0.05) is 16.6 Å². The lowest BCUT2D eigenvalue weighted by Crippen LogP contribution is -2.39. The highest BCUT2D eigenvalue weighted by molar-refractivity contribution is 6.33. The van der Waals surface area contributed by atoms with E-state index in [1.807, 2.05) is 0 Å². The Morgan fingerprint density at radius 2 is 1.87 bits per heavy atom. The minimum absolute atomic E-state index is 0.0586. The quantitative estimate of drug-likeness (QED) is 0.555. The first-order chi connectivity index (χ1) is 14.5. The largest absolute Gasteiger partial charge is 0.476 e. The van der Waals surface area contributed by atoms with Crippen LogP contribution < -0.4 is 15.5 Å². The molecule has 156 valence electrons. The van der Waals surface area contributed by atoms with Crippen molar-refractivity contribution in [2.24, 2.45) is 0 Å². The first kappa shape index (κ1) is 20.8. The van der Waals surface area contributed by atoms with Crippen molar-refractivity contribution in [2.75, 3.05) is 6.61 Å². The standard InChI is InChI=1S/C23H21Cl2NO4/c24-14-10-11-19-17(12-14)21(28)23(22(30-19)16-8-4-5-9-18(16)25)29-13-20(27)26-15-6-2-1-3-7-15/h4-5,8-12,15H,1-3,6-7,13H2,(H,26,27). The van der Waals surface area contributed by atoms with Crippen molar-refractivity contribution in [3.05, 3.63) is 62.7 Å². The van der Waals surface area contributed by atoms with E-state index in [1.54, 1.807) is 36.4 Å². The van der Waals surface area contributed by atoms with E-state index >= 15 is 0 Å². The Morgan fingerprint density at radius 3 is 2.63 bits per heavy atom. The highest BCUT2D eigenvalue weighted by Crippen LogP contribution is 2.35. The van der Waals surface area contributed by atoms with Crippen molar-refractivity contribution >= 4 is 40.1 Å². The summed E-state index contributed by atoms with van der Waals surface area (Å²) < 4.78 is 11.7. The summed E-state index contributed by atoms with van der Waals surface area (Å²) >= 11 is 12.4. The number of nitrogens with one attached hydrogen (secondary N) is 1. The summed E-state index contributed by atoms with van der Waals surface area (Å²) in [5.41, 5.74) is 0.466. The molecule has 1 amide bonds. The fourth-order valence-electron chi connectivity index (χ4n) is 3.76. The highest BCUT2D eigenvalue weighted by Gasteiger charge is 2.22. The van der Waals surface area contributed by atoms with E-state index in [0.717, 1.165) is 25.7 Å². The van der Waals surface area contributed by atoms with Crippen LogP contribution in [0.25, 0.3) is 22.3 Å². The summed E-state index contributed by atoms with van der Waals surface area (Å²) in [5, 5.41) is 4.07. The lowest BCUT2D eigenvalue weighted by atomic mass is 9.95. The Balaban J connectivity index is 1.68. The number of hydrogen-bond acceptors (Lipinski definition) is 4. The van der Waals surface area contributed by atoms with E-state index in [2.05, 4.69) is 5.32 Å². The van der Waals surface area contributed by atoms with Gasteiger partial charge in [-0.25, -0.2) is 0 Å². The number of fused-ring (bicyclic) bond motifs is 1. The molecule has 1 saturated carbocycles. The van der Waals surface area contributed by atoms with Gasteiger partial charge in [-0.2, -0.15) is 0 Å². The van der Waals surface area contributed by atoms with E-state index in [4.69, 9.17) is 32.4 Å². The first-order valence-corrected chi connectivity index (χ1v) is 10.7. The Morgan fingerprint density at radius 1 is 1.10 bits per heavy atom. The zero-order chi connectivity index (χ0) is 21.1. The van der Waals surface area contributed by atoms with Crippen LogP contribution in [0.15, 0.2) is 51.7 Å². The second-order valence-corrected chi connectivity index (χ2v) is 8.24. The summed E-state index contributed by atoms with van der Waals surface area (Å²) in [5.74, 6) is -0.139. The Kier molecular flexibility index (Phi) is 6.30. The molecule has 0 radical (unpaired) electrons. The number of carbonyl (C=O) groups excluding carboxylic acids is 1. The highest BCUT2D eigenvalue weighted by atomic mass is 35.5. The molecule has 1 heterocycles. The van der Waals surface area contributed by atoms with Crippen molar-refractivity contribution in [2.45, 2.75) is 38.1 Å². The molecular formula is C23H21Cl2NO4. The Hall–Kier alpha value is -2.50. The van der Waals surface area contributed by atoms with E-state index in [-0.39, 0.29) is 35.5 Å². The van der Waals surface area contributed by atoms with Crippen LogP contribution in [-0.2, 0) is 4.79 Å². The van der Waals surface area contributed by atoms with Crippen LogP contribution >= 0.6 is 23.2 Å². The van der Waals surface area contributed by atoms with Crippen LogP contribution in [0, 0.1) is 0 Å². The summed E-state index contributed by atoms with van der Waals surface area (Å²) in [7, 11) is 0. The predicted octanol–water partition coefficient (Wildman–Crippen LogP) is 5.59. The summed E-state index contributed by atoms with van der Waals surface area (Å²) in [4.78, 5) is 25.6. The van der Waals surface area contributed by atoms with Crippen LogP contribution in [0.2, 0.25) is 10.0 Å². The number of benzene rings is 2. The topological polar surface area (TPSA) is 68.5 Å². The number of rotatable bonds is 5. The van der Waals surface area contributed by atoms with Crippen molar-refractivity contribution in [1.29, 1.82) is 0 Å². The third-order valence-electron chi connectivity index (χ3n) is 5.25. The minimum Gasteiger partial charge on any atom is -0.476 e. The maximum atomic E-state index is 13.2. The van der Waals surface area contributed by atoms with E-state index in [9.17, 15) is 9.59 Å². The predicted molar refractivity (Wildman–Crippen MR) is 118 cm³/mol. The third-order valence-corrected chi connectivity index (χ3v) is 5.81. The number of ether oxygens (including phenoxy) is 1. The third kappa shape index (κ3) is 4.47. The molecule has 1 N–H and O–H groups in total. The van der Waals surface area contributed by atoms with Crippen molar-refractivity contribution in [3.8, 4) is 17.1 Å². The van der Waals surface area contributed by atoms with E-state index in [0.29, 0.717) is 21.2 Å². The van der Waals surface area contributed by atoms with Gasteiger partial charge in [0.1, 0.15) is 5.58 Å². The Labute approximate surface area is 183 Å². The maximum Gasteiger partial charge on any atom is 0.258 e. The van der Waals surface area contributed by atoms with Gasteiger partial charge in [-0.15, -0.1) is 0 Å². The average Bonchev–Trinajstić information content (AvgIpc) is 2.74. The second kappa shape index (κ2) is 9.11. The van der Waals surface area contributed by atoms with Gasteiger partial charge < -0.3 is 14.5 Å². The Bertz CT molecular complexity index is 1140. The molecule has 0 bridgehead atoms. The van der Waals surface area contributed by atoms with Crippen LogP contribution in [0.1, 0.15) is 32.1 Å².